The molecule has 4 heteroatoms. The van der Waals surface area contributed by atoms with Crippen LogP contribution >= 0.6 is 0 Å². The molecule has 0 spiro atoms. The molecule has 4 fully saturated rings. The maximum Gasteiger partial charge on any atom is 0.305 e. The third-order valence-electron chi connectivity index (χ3n) is 5.56. The quantitative estimate of drug-likeness (QED) is 0.831. The van der Waals surface area contributed by atoms with Gasteiger partial charge in [-0.2, -0.15) is 0 Å². The molecule has 112 valence electrons. The summed E-state index contributed by atoms with van der Waals surface area (Å²) in [4.78, 5) is 23.7. The van der Waals surface area contributed by atoms with Crippen molar-refractivity contribution in [3.8, 4) is 0 Å². The Balaban J connectivity index is 1.72. The predicted octanol–water partition coefficient (Wildman–Crippen LogP) is 2.57. The van der Waals surface area contributed by atoms with Crippen LogP contribution < -0.4 is 5.32 Å². The van der Waals surface area contributed by atoms with Crippen LogP contribution in [0.5, 0.6) is 0 Å². The minimum Gasteiger partial charge on any atom is -0.481 e. The van der Waals surface area contributed by atoms with Gasteiger partial charge >= 0.3 is 5.97 Å². The summed E-state index contributed by atoms with van der Waals surface area (Å²) in [6, 6.07) is 0. The van der Waals surface area contributed by atoms with Gasteiger partial charge in [0.15, 0.2) is 0 Å². The normalized spacial score (nSPS) is 38.8. The summed E-state index contributed by atoms with van der Waals surface area (Å²) in [7, 11) is 0. The first-order valence-corrected chi connectivity index (χ1v) is 7.82. The van der Waals surface area contributed by atoms with E-state index in [1.54, 1.807) is 13.8 Å². The molecule has 0 unspecified atom stereocenters. The fourth-order valence-electron chi connectivity index (χ4n) is 5.25. The zero-order chi connectivity index (χ0) is 14.5. The summed E-state index contributed by atoms with van der Waals surface area (Å²) >= 11 is 0. The molecule has 4 bridgehead atoms. The van der Waals surface area contributed by atoms with E-state index in [-0.39, 0.29) is 17.7 Å². The lowest BCUT2D eigenvalue weighted by atomic mass is 9.49. The van der Waals surface area contributed by atoms with Crippen LogP contribution in [0.3, 0.4) is 0 Å². The average Bonchev–Trinajstić information content (AvgIpc) is 2.23. The van der Waals surface area contributed by atoms with Crippen LogP contribution in [0.2, 0.25) is 0 Å². The van der Waals surface area contributed by atoms with Gasteiger partial charge in [0.1, 0.15) is 0 Å². The van der Waals surface area contributed by atoms with Gasteiger partial charge in [-0.05, 0) is 70.1 Å². The van der Waals surface area contributed by atoms with Crippen molar-refractivity contribution in [3.05, 3.63) is 0 Å². The average molecular weight is 279 g/mol. The smallest absolute Gasteiger partial charge is 0.305 e. The van der Waals surface area contributed by atoms with Crippen LogP contribution in [0.15, 0.2) is 0 Å². The Labute approximate surface area is 120 Å². The summed E-state index contributed by atoms with van der Waals surface area (Å²) in [5.41, 5.74) is -0.850. The SMILES string of the molecule is CC(C)(CC(=O)O)NC(=O)C12CC3CC(CC(C3)C1)C2. The Bertz CT molecular complexity index is 406. The topological polar surface area (TPSA) is 66.4 Å². The molecule has 4 saturated carbocycles. The predicted molar refractivity (Wildman–Crippen MR) is 75.1 cm³/mol. The zero-order valence-corrected chi connectivity index (χ0v) is 12.4. The fraction of sp³-hybridized carbons (Fsp3) is 0.875. The van der Waals surface area contributed by atoms with Gasteiger partial charge in [0.2, 0.25) is 5.91 Å². The van der Waals surface area contributed by atoms with Crippen LogP contribution in [-0.4, -0.2) is 22.5 Å². The number of carbonyl (C=O) groups excluding carboxylic acids is 1. The van der Waals surface area contributed by atoms with E-state index >= 15 is 0 Å². The zero-order valence-electron chi connectivity index (χ0n) is 12.4. The van der Waals surface area contributed by atoms with Gasteiger partial charge in [-0.3, -0.25) is 9.59 Å². The third-order valence-corrected chi connectivity index (χ3v) is 5.56. The monoisotopic (exact) mass is 279 g/mol. The molecule has 0 heterocycles. The standard InChI is InChI=1S/C16H25NO3/c1-15(2,9-13(18)19)17-14(20)16-6-10-3-11(7-16)5-12(4-10)8-16/h10-12H,3-9H2,1-2H3,(H,17,20)(H,18,19). The highest BCUT2D eigenvalue weighted by atomic mass is 16.4. The van der Waals surface area contributed by atoms with Gasteiger partial charge in [0, 0.05) is 11.0 Å². The maximum atomic E-state index is 12.8. The number of hydrogen-bond acceptors (Lipinski definition) is 2. The van der Waals surface area contributed by atoms with E-state index < -0.39 is 11.5 Å². The van der Waals surface area contributed by atoms with Crippen molar-refractivity contribution < 1.29 is 14.7 Å². The van der Waals surface area contributed by atoms with E-state index in [1.807, 2.05) is 0 Å². The third kappa shape index (κ3) is 2.45. The molecule has 20 heavy (non-hydrogen) atoms. The molecule has 2 N–H and O–H groups in total. The van der Waals surface area contributed by atoms with Crippen LogP contribution in [0.25, 0.3) is 0 Å². The lowest BCUT2D eigenvalue weighted by Gasteiger charge is -2.56. The van der Waals surface area contributed by atoms with Crippen molar-refractivity contribution in [3.63, 3.8) is 0 Å². The van der Waals surface area contributed by atoms with Gasteiger partial charge in [-0.15, -0.1) is 0 Å². The molecular formula is C16H25NO3. The second-order valence-corrected chi connectivity index (χ2v) is 8.11. The molecule has 0 aromatic heterocycles. The molecular weight excluding hydrogens is 254 g/mol. The van der Waals surface area contributed by atoms with E-state index in [2.05, 4.69) is 5.32 Å². The van der Waals surface area contributed by atoms with Crippen LogP contribution in [-0.2, 0) is 9.59 Å². The number of carboxylic acids is 1. The molecule has 0 aliphatic heterocycles. The number of hydrogen-bond donors (Lipinski definition) is 2. The van der Waals surface area contributed by atoms with Gasteiger partial charge < -0.3 is 10.4 Å². The Morgan fingerprint density at radius 3 is 1.95 bits per heavy atom. The summed E-state index contributed by atoms with van der Waals surface area (Å²) in [5.74, 6) is 1.45. The molecule has 4 aliphatic carbocycles. The second kappa shape index (κ2) is 4.47. The van der Waals surface area contributed by atoms with Crippen LogP contribution in [0, 0.1) is 23.2 Å². The molecule has 0 aromatic rings. The Morgan fingerprint density at radius 1 is 1.10 bits per heavy atom. The van der Waals surface area contributed by atoms with Gasteiger partial charge in [0.25, 0.3) is 0 Å². The number of rotatable bonds is 4. The van der Waals surface area contributed by atoms with Gasteiger partial charge in [-0.1, -0.05) is 0 Å². The largest absolute Gasteiger partial charge is 0.481 e. The van der Waals surface area contributed by atoms with E-state index in [1.165, 1.54) is 19.3 Å². The second-order valence-electron chi connectivity index (χ2n) is 8.11. The number of carboxylic acid groups (broad SMARTS) is 1. The Hall–Kier alpha value is -1.06. The van der Waals surface area contributed by atoms with Crippen molar-refractivity contribution >= 4 is 11.9 Å². The lowest BCUT2D eigenvalue weighted by molar-refractivity contribution is -0.149. The molecule has 4 aliphatic rings. The Morgan fingerprint density at radius 2 is 1.55 bits per heavy atom. The first-order valence-electron chi connectivity index (χ1n) is 7.82. The summed E-state index contributed by atoms with van der Waals surface area (Å²) in [6.07, 6.45) is 6.97. The molecule has 1 amide bonds. The lowest BCUT2D eigenvalue weighted by Crippen LogP contribution is -2.57. The van der Waals surface area contributed by atoms with Crippen LogP contribution in [0.4, 0.5) is 0 Å². The first kappa shape index (κ1) is 13.9. The number of aliphatic carboxylic acids is 1. The summed E-state index contributed by atoms with van der Waals surface area (Å²) in [5, 5.41) is 12.0. The van der Waals surface area contributed by atoms with E-state index in [4.69, 9.17) is 5.11 Å². The molecule has 0 saturated heterocycles. The van der Waals surface area contributed by atoms with Crippen LogP contribution in [0.1, 0.15) is 58.8 Å². The van der Waals surface area contributed by atoms with E-state index in [0.29, 0.717) is 0 Å². The molecule has 0 radical (unpaired) electrons. The number of nitrogens with one attached hydrogen (secondary N) is 1. The minimum absolute atomic E-state index is 0.0227. The van der Waals surface area contributed by atoms with Crippen molar-refractivity contribution in [1.29, 1.82) is 0 Å². The fourth-order valence-corrected chi connectivity index (χ4v) is 5.25. The van der Waals surface area contributed by atoms with Crippen molar-refractivity contribution in [1.82, 2.24) is 5.32 Å². The van der Waals surface area contributed by atoms with E-state index in [0.717, 1.165) is 37.0 Å². The Kier molecular flexibility index (Phi) is 3.11. The van der Waals surface area contributed by atoms with Crippen molar-refractivity contribution in [2.45, 2.75) is 64.3 Å². The summed E-state index contributed by atoms with van der Waals surface area (Å²) in [6.45, 7) is 3.61. The number of amides is 1. The van der Waals surface area contributed by atoms with Gasteiger partial charge in [0.05, 0.1) is 6.42 Å². The highest BCUT2D eigenvalue weighted by Gasteiger charge is 2.55. The molecule has 0 atom stereocenters. The first-order chi connectivity index (χ1) is 9.28. The van der Waals surface area contributed by atoms with Crippen molar-refractivity contribution in [2.24, 2.45) is 23.2 Å². The highest BCUT2D eigenvalue weighted by molar-refractivity contribution is 5.84. The highest BCUT2D eigenvalue weighted by Crippen LogP contribution is 2.60. The molecule has 4 rings (SSSR count). The molecule has 4 nitrogen and oxygen atoms in total. The van der Waals surface area contributed by atoms with Crippen molar-refractivity contribution in [2.75, 3.05) is 0 Å². The summed E-state index contributed by atoms with van der Waals surface area (Å²) < 4.78 is 0. The maximum absolute atomic E-state index is 12.8. The number of carbonyl (C=O) groups is 2. The minimum atomic E-state index is -0.860. The van der Waals surface area contributed by atoms with Gasteiger partial charge in [-0.25, -0.2) is 0 Å². The van der Waals surface area contributed by atoms with E-state index in [9.17, 15) is 9.59 Å². The molecule has 0 aromatic carbocycles.